The fraction of sp³-hybridized carbons (Fsp3) is 0.927. The molecule has 298 valence electrons. The molecule has 1 amide bonds. The van der Waals surface area contributed by atoms with E-state index in [0.29, 0.717) is 17.4 Å². The van der Waals surface area contributed by atoms with E-state index >= 15 is 0 Å². The Hall–Kier alpha value is -0.760. The number of carbonyl (C=O) groups excluding carboxylic acids is 1. The van der Waals surface area contributed by atoms with Gasteiger partial charge < -0.3 is 28.1 Å². The standard InChI is InChI=1S/C41H83N2O6P/c1-8-10-12-14-16-18-20-22-24-26-28-30-32-34-40(47-7)39(38-49-50(45,46)48-37-36-43(4,5)6)42(3)41(44)35-33-31-29-27-25-23-21-19-17-15-13-11-9-2/h32,34,39-40H,8-31,33,35-38H2,1-7H3/b34-32+/t39-,40+/m0/s1. The first-order valence-corrected chi connectivity index (χ1v) is 22.3. The van der Waals surface area contributed by atoms with Crippen LogP contribution in [-0.2, 0) is 23.1 Å². The summed E-state index contributed by atoms with van der Waals surface area (Å²) >= 11 is 0. The van der Waals surface area contributed by atoms with Gasteiger partial charge in [-0.05, 0) is 19.3 Å². The van der Waals surface area contributed by atoms with E-state index in [1.54, 1.807) is 19.1 Å². The molecule has 0 N–H and O–H groups in total. The summed E-state index contributed by atoms with van der Waals surface area (Å²) in [6, 6.07) is -0.590. The number of ether oxygens (including phenoxy) is 1. The third-order valence-corrected chi connectivity index (χ3v) is 10.7. The van der Waals surface area contributed by atoms with Crippen molar-refractivity contribution in [1.29, 1.82) is 0 Å². The number of amides is 1. The third kappa shape index (κ3) is 30.8. The van der Waals surface area contributed by atoms with Gasteiger partial charge >= 0.3 is 0 Å². The molecule has 0 spiro atoms. The summed E-state index contributed by atoms with van der Waals surface area (Å²) < 4.78 is 29.5. The van der Waals surface area contributed by atoms with E-state index in [1.165, 1.54) is 128 Å². The van der Waals surface area contributed by atoms with Crippen molar-refractivity contribution in [2.45, 2.75) is 193 Å². The van der Waals surface area contributed by atoms with Gasteiger partial charge in [-0.15, -0.1) is 0 Å². The van der Waals surface area contributed by atoms with Crippen molar-refractivity contribution in [3.63, 3.8) is 0 Å². The van der Waals surface area contributed by atoms with Crippen LogP contribution in [-0.4, -0.2) is 82.5 Å². The Balaban J connectivity index is 4.80. The largest absolute Gasteiger partial charge is 0.756 e. The van der Waals surface area contributed by atoms with Gasteiger partial charge in [0.15, 0.2) is 0 Å². The number of carbonyl (C=O) groups is 1. The molecule has 0 aliphatic rings. The highest BCUT2D eigenvalue weighted by Crippen LogP contribution is 2.38. The lowest BCUT2D eigenvalue weighted by Crippen LogP contribution is -2.47. The van der Waals surface area contributed by atoms with Gasteiger partial charge in [-0.25, -0.2) is 0 Å². The second-order valence-corrected chi connectivity index (χ2v) is 17.0. The Labute approximate surface area is 310 Å². The van der Waals surface area contributed by atoms with Gasteiger partial charge in [-0.3, -0.25) is 9.36 Å². The number of nitrogens with zero attached hydrogens (tertiary/aromatic N) is 2. The molecule has 50 heavy (non-hydrogen) atoms. The number of likely N-dealkylation sites (N-methyl/N-ethyl adjacent to an activating group) is 2. The number of phosphoric ester groups is 1. The Morgan fingerprint density at radius 1 is 0.700 bits per heavy atom. The summed E-state index contributed by atoms with van der Waals surface area (Å²) in [4.78, 5) is 27.6. The molecular formula is C41H83N2O6P. The van der Waals surface area contributed by atoms with Crippen LogP contribution in [0.4, 0.5) is 0 Å². The highest BCUT2D eigenvalue weighted by molar-refractivity contribution is 7.45. The van der Waals surface area contributed by atoms with Crippen molar-refractivity contribution in [3.8, 4) is 0 Å². The van der Waals surface area contributed by atoms with Gasteiger partial charge in [0.05, 0.1) is 39.9 Å². The normalized spacial score (nSPS) is 14.6. The summed E-state index contributed by atoms with van der Waals surface area (Å²) in [6.07, 6.45) is 35.6. The van der Waals surface area contributed by atoms with Gasteiger partial charge in [-0.1, -0.05) is 167 Å². The van der Waals surface area contributed by atoms with E-state index in [1.807, 2.05) is 27.2 Å². The van der Waals surface area contributed by atoms with Gasteiger partial charge in [0.1, 0.15) is 13.2 Å². The molecule has 0 fully saturated rings. The molecule has 0 bridgehead atoms. The summed E-state index contributed by atoms with van der Waals surface area (Å²) in [7, 11) is 4.71. The van der Waals surface area contributed by atoms with Crippen molar-refractivity contribution in [1.82, 2.24) is 4.90 Å². The number of hydrogen-bond donors (Lipinski definition) is 0. The van der Waals surface area contributed by atoms with Gasteiger partial charge in [0, 0.05) is 20.6 Å². The first-order chi connectivity index (χ1) is 24.0. The van der Waals surface area contributed by atoms with Crippen LogP contribution in [0.3, 0.4) is 0 Å². The highest BCUT2D eigenvalue weighted by Gasteiger charge is 2.29. The van der Waals surface area contributed by atoms with E-state index in [9.17, 15) is 14.3 Å². The number of rotatable bonds is 37. The predicted octanol–water partition coefficient (Wildman–Crippen LogP) is 10.8. The van der Waals surface area contributed by atoms with E-state index in [0.717, 1.165) is 32.1 Å². The number of unbranched alkanes of at least 4 members (excludes halogenated alkanes) is 23. The summed E-state index contributed by atoms with van der Waals surface area (Å²) in [5.41, 5.74) is 0. The average molecular weight is 731 g/mol. The second-order valence-electron chi connectivity index (χ2n) is 15.6. The van der Waals surface area contributed by atoms with Crippen LogP contribution in [0, 0.1) is 0 Å². The summed E-state index contributed by atoms with van der Waals surface area (Å²) in [5.74, 6) is -0.0193. The van der Waals surface area contributed by atoms with Gasteiger partial charge in [-0.2, -0.15) is 0 Å². The van der Waals surface area contributed by atoms with Crippen LogP contribution >= 0.6 is 7.82 Å². The molecule has 0 aromatic heterocycles. The minimum Gasteiger partial charge on any atom is -0.756 e. The molecule has 3 atom stereocenters. The molecule has 1 unspecified atom stereocenters. The maximum absolute atomic E-state index is 13.3. The Morgan fingerprint density at radius 2 is 1.12 bits per heavy atom. The van der Waals surface area contributed by atoms with Gasteiger partial charge in [0.2, 0.25) is 5.91 Å². The lowest BCUT2D eigenvalue weighted by Gasteiger charge is -2.34. The van der Waals surface area contributed by atoms with Crippen LogP contribution in [0.25, 0.3) is 0 Å². The molecular weight excluding hydrogens is 647 g/mol. The van der Waals surface area contributed by atoms with Crippen molar-refractivity contribution in [2.24, 2.45) is 0 Å². The average Bonchev–Trinajstić information content (AvgIpc) is 3.06. The van der Waals surface area contributed by atoms with E-state index in [4.69, 9.17) is 13.8 Å². The maximum Gasteiger partial charge on any atom is 0.268 e. The molecule has 0 saturated heterocycles. The smallest absolute Gasteiger partial charge is 0.268 e. The van der Waals surface area contributed by atoms with Gasteiger partial charge in [0.25, 0.3) is 7.82 Å². The van der Waals surface area contributed by atoms with Crippen LogP contribution in [0.2, 0.25) is 0 Å². The fourth-order valence-corrected chi connectivity index (χ4v) is 6.95. The molecule has 9 heteroatoms. The molecule has 0 aliphatic heterocycles. The van der Waals surface area contributed by atoms with Crippen molar-refractivity contribution in [3.05, 3.63) is 12.2 Å². The first kappa shape index (κ1) is 49.2. The number of methoxy groups -OCH3 is 1. The molecule has 8 nitrogen and oxygen atoms in total. The minimum absolute atomic E-state index is 0.0193. The third-order valence-electron chi connectivity index (χ3n) is 9.75. The summed E-state index contributed by atoms with van der Waals surface area (Å²) in [6.45, 7) is 4.87. The van der Waals surface area contributed by atoms with Crippen molar-refractivity contribution < 1.29 is 32.5 Å². The monoisotopic (exact) mass is 731 g/mol. The van der Waals surface area contributed by atoms with Crippen LogP contribution < -0.4 is 4.89 Å². The quantitative estimate of drug-likeness (QED) is 0.0274. The molecule has 0 rings (SSSR count). The molecule has 0 aromatic rings. The number of phosphoric acid groups is 1. The second kappa shape index (κ2) is 32.9. The van der Waals surface area contributed by atoms with Crippen molar-refractivity contribution in [2.75, 3.05) is 55.1 Å². The Morgan fingerprint density at radius 3 is 1.54 bits per heavy atom. The Kier molecular flexibility index (Phi) is 32.4. The number of allylic oxidation sites excluding steroid dienone is 1. The maximum atomic E-state index is 13.3. The number of quaternary nitrogens is 1. The Bertz CT molecular complexity index is 849. The van der Waals surface area contributed by atoms with Crippen molar-refractivity contribution >= 4 is 13.7 Å². The van der Waals surface area contributed by atoms with E-state index in [-0.39, 0.29) is 19.1 Å². The SMILES string of the molecule is CCCCCCCCCCCCC/C=C/[C@@H](OC)[C@H](COP(=O)([O-])OCC[N+](C)(C)C)N(C)C(=O)CCCCCCCCCCCCCCC. The highest BCUT2D eigenvalue weighted by atomic mass is 31.2. The predicted molar refractivity (Wildman–Crippen MR) is 210 cm³/mol. The lowest BCUT2D eigenvalue weighted by atomic mass is 10.0. The fourth-order valence-electron chi connectivity index (χ4n) is 6.23. The van der Waals surface area contributed by atoms with Crippen LogP contribution in [0.15, 0.2) is 12.2 Å². The zero-order valence-electron chi connectivity index (χ0n) is 34.1. The lowest BCUT2D eigenvalue weighted by molar-refractivity contribution is -0.870. The minimum atomic E-state index is -4.54. The first-order valence-electron chi connectivity index (χ1n) is 20.8. The number of hydrogen-bond acceptors (Lipinski definition) is 6. The zero-order valence-corrected chi connectivity index (χ0v) is 35.0. The molecule has 0 heterocycles. The van der Waals surface area contributed by atoms with E-state index < -0.39 is 20.0 Å². The van der Waals surface area contributed by atoms with Crippen LogP contribution in [0.5, 0.6) is 0 Å². The van der Waals surface area contributed by atoms with Crippen LogP contribution in [0.1, 0.15) is 181 Å². The molecule has 0 aromatic carbocycles. The van der Waals surface area contributed by atoms with E-state index in [2.05, 4.69) is 19.9 Å². The molecule has 0 aliphatic carbocycles. The topological polar surface area (TPSA) is 88.1 Å². The molecule has 0 radical (unpaired) electrons. The zero-order chi connectivity index (χ0) is 37.4. The molecule has 0 saturated carbocycles. The summed E-state index contributed by atoms with van der Waals surface area (Å²) in [5, 5.41) is 0.